The third kappa shape index (κ3) is 1.26. The molecule has 1 aromatic heterocycles. The van der Waals surface area contributed by atoms with Crippen LogP contribution >= 0.6 is 15.9 Å². The molecular formula is C10H10BrNO2. The Morgan fingerprint density at radius 1 is 1.21 bits per heavy atom. The zero-order chi connectivity index (χ0) is 10.1. The summed E-state index contributed by atoms with van der Waals surface area (Å²) >= 11 is 3.43. The Balaban J connectivity index is 2.82. The predicted octanol–water partition coefficient (Wildman–Crippen LogP) is 2.95. The summed E-state index contributed by atoms with van der Waals surface area (Å²) in [7, 11) is 3.26. The molecule has 0 saturated carbocycles. The van der Waals surface area contributed by atoms with Crippen LogP contribution in [0.4, 0.5) is 0 Å². The normalized spacial score (nSPS) is 10.5. The van der Waals surface area contributed by atoms with Crippen LogP contribution in [0.25, 0.3) is 10.9 Å². The minimum Gasteiger partial charge on any atom is -0.492 e. The van der Waals surface area contributed by atoms with Crippen LogP contribution < -0.4 is 9.47 Å². The van der Waals surface area contributed by atoms with E-state index < -0.39 is 0 Å². The molecule has 0 fully saturated rings. The molecule has 3 nitrogen and oxygen atoms in total. The van der Waals surface area contributed by atoms with Crippen LogP contribution in [0.2, 0.25) is 0 Å². The van der Waals surface area contributed by atoms with E-state index in [4.69, 9.17) is 9.47 Å². The molecule has 0 spiro atoms. The fraction of sp³-hybridized carbons (Fsp3) is 0.200. The average molecular weight is 256 g/mol. The van der Waals surface area contributed by atoms with E-state index in [1.807, 2.05) is 18.3 Å². The van der Waals surface area contributed by atoms with Crippen molar-refractivity contribution in [1.29, 1.82) is 0 Å². The molecule has 1 N–H and O–H groups in total. The summed E-state index contributed by atoms with van der Waals surface area (Å²) in [5.74, 6) is 1.47. The summed E-state index contributed by atoms with van der Waals surface area (Å²) in [5.41, 5.74) is 1.02. The van der Waals surface area contributed by atoms with Crippen molar-refractivity contribution in [1.82, 2.24) is 4.98 Å². The number of halogens is 1. The van der Waals surface area contributed by atoms with Crippen molar-refractivity contribution in [3.8, 4) is 11.5 Å². The average Bonchev–Trinajstić information content (AvgIpc) is 2.62. The number of methoxy groups -OCH3 is 2. The van der Waals surface area contributed by atoms with Crippen molar-refractivity contribution in [3.63, 3.8) is 0 Å². The van der Waals surface area contributed by atoms with E-state index >= 15 is 0 Å². The van der Waals surface area contributed by atoms with E-state index in [9.17, 15) is 0 Å². The van der Waals surface area contributed by atoms with Gasteiger partial charge in [-0.3, -0.25) is 0 Å². The molecule has 0 aliphatic heterocycles. The second-order valence-corrected chi connectivity index (χ2v) is 3.72. The lowest BCUT2D eigenvalue weighted by Gasteiger charge is -2.10. The van der Waals surface area contributed by atoms with Gasteiger partial charge in [-0.25, -0.2) is 0 Å². The Bertz CT molecular complexity index is 464. The first-order valence-electron chi connectivity index (χ1n) is 4.15. The van der Waals surface area contributed by atoms with Crippen molar-refractivity contribution in [2.24, 2.45) is 0 Å². The molecule has 1 aromatic carbocycles. The molecule has 2 aromatic rings. The highest BCUT2D eigenvalue weighted by Gasteiger charge is 2.13. The highest BCUT2D eigenvalue weighted by atomic mass is 79.9. The molecule has 0 unspecified atom stereocenters. The van der Waals surface area contributed by atoms with Crippen molar-refractivity contribution in [2.45, 2.75) is 0 Å². The molecule has 0 atom stereocenters. The number of aromatic nitrogens is 1. The summed E-state index contributed by atoms with van der Waals surface area (Å²) in [6.07, 6.45) is 1.87. The van der Waals surface area contributed by atoms with Gasteiger partial charge in [0.2, 0.25) is 0 Å². The monoisotopic (exact) mass is 255 g/mol. The van der Waals surface area contributed by atoms with Crippen LogP contribution in [0.3, 0.4) is 0 Å². The SMILES string of the molecule is COc1c(Br)cc2[nH]ccc2c1OC. The summed E-state index contributed by atoms with van der Waals surface area (Å²) in [6, 6.07) is 3.93. The molecule has 0 amide bonds. The van der Waals surface area contributed by atoms with E-state index in [-0.39, 0.29) is 0 Å². The summed E-state index contributed by atoms with van der Waals surface area (Å²) < 4.78 is 11.5. The lowest BCUT2D eigenvalue weighted by atomic mass is 10.2. The van der Waals surface area contributed by atoms with Gasteiger partial charge in [-0.2, -0.15) is 0 Å². The lowest BCUT2D eigenvalue weighted by molar-refractivity contribution is 0.357. The van der Waals surface area contributed by atoms with Crippen LogP contribution in [0.5, 0.6) is 11.5 Å². The summed E-state index contributed by atoms with van der Waals surface area (Å²) in [4.78, 5) is 3.12. The van der Waals surface area contributed by atoms with Gasteiger partial charge < -0.3 is 14.5 Å². The maximum absolute atomic E-state index is 5.31. The molecule has 4 heteroatoms. The van der Waals surface area contributed by atoms with Crippen molar-refractivity contribution in [3.05, 3.63) is 22.8 Å². The number of aromatic amines is 1. The fourth-order valence-electron chi connectivity index (χ4n) is 1.52. The fourth-order valence-corrected chi connectivity index (χ4v) is 2.09. The van der Waals surface area contributed by atoms with Crippen LogP contribution in [-0.2, 0) is 0 Å². The smallest absolute Gasteiger partial charge is 0.175 e. The molecule has 0 aliphatic rings. The van der Waals surface area contributed by atoms with Gasteiger partial charge in [0.25, 0.3) is 0 Å². The molecule has 1 heterocycles. The zero-order valence-corrected chi connectivity index (χ0v) is 9.51. The largest absolute Gasteiger partial charge is 0.492 e. The van der Waals surface area contributed by atoms with Gasteiger partial charge in [-0.05, 0) is 28.1 Å². The van der Waals surface area contributed by atoms with E-state index in [1.54, 1.807) is 14.2 Å². The van der Waals surface area contributed by atoms with Gasteiger partial charge in [0.15, 0.2) is 11.5 Å². The van der Waals surface area contributed by atoms with Crippen molar-refractivity contribution < 1.29 is 9.47 Å². The number of ether oxygens (including phenoxy) is 2. The summed E-state index contributed by atoms with van der Waals surface area (Å²) in [6.45, 7) is 0. The van der Waals surface area contributed by atoms with Crippen LogP contribution in [0.1, 0.15) is 0 Å². The Kier molecular flexibility index (Phi) is 2.37. The van der Waals surface area contributed by atoms with E-state index in [0.717, 1.165) is 26.9 Å². The first kappa shape index (κ1) is 9.40. The number of fused-ring (bicyclic) bond motifs is 1. The van der Waals surface area contributed by atoms with Gasteiger partial charge in [0.1, 0.15) is 0 Å². The van der Waals surface area contributed by atoms with E-state index in [1.165, 1.54) is 0 Å². The molecule has 0 bridgehead atoms. The molecule has 74 valence electrons. The molecule has 2 rings (SSSR count). The standard InChI is InChI=1S/C10H10BrNO2/c1-13-9-6-3-4-12-8(6)5-7(11)10(9)14-2/h3-5,12H,1-2H3. The maximum atomic E-state index is 5.31. The Morgan fingerprint density at radius 3 is 2.57 bits per heavy atom. The van der Waals surface area contributed by atoms with E-state index in [2.05, 4.69) is 20.9 Å². The number of hydrogen-bond acceptors (Lipinski definition) is 2. The Morgan fingerprint density at radius 2 is 1.93 bits per heavy atom. The van der Waals surface area contributed by atoms with Gasteiger partial charge in [-0.15, -0.1) is 0 Å². The van der Waals surface area contributed by atoms with Gasteiger partial charge in [0.05, 0.1) is 24.2 Å². The number of H-pyrrole nitrogens is 1. The van der Waals surface area contributed by atoms with Crippen molar-refractivity contribution >= 4 is 26.8 Å². The highest BCUT2D eigenvalue weighted by Crippen LogP contribution is 2.40. The highest BCUT2D eigenvalue weighted by molar-refractivity contribution is 9.10. The maximum Gasteiger partial charge on any atom is 0.175 e. The van der Waals surface area contributed by atoms with Gasteiger partial charge in [-0.1, -0.05) is 0 Å². The van der Waals surface area contributed by atoms with E-state index in [0.29, 0.717) is 0 Å². The van der Waals surface area contributed by atoms with Crippen molar-refractivity contribution in [2.75, 3.05) is 14.2 Å². The molecule has 14 heavy (non-hydrogen) atoms. The molecule has 0 saturated heterocycles. The van der Waals surface area contributed by atoms with Crippen LogP contribution in [0.15, 0.2) is 22.8 Å². The summed E-state index contributed by atoms with van der Waals surface area (Å²) in [5, 5.41) is 1.02. The number of benzene rings is 1. The Labute approximate surface area is 90.1 Å². The number of nitrogens with one attached hydrogen (secondary N) is 1. The molecule has 0 aliphatic carbocycles. The van der Waals surface area contributed by atoms with Gasteiger partial charge >= 0.3 is 0 Å². The minimum atomic E-state index is 0.722. The third-order valence-electron chi connectivity index (χ3n) is 2.13. The Hall–Kier alpha value is -1.16. The lowest BCUT2D eigenvalue weighted by Crippen LogP contribution is -1.91. The zero-order valence-electron chi connectivity index (χ0n) is 7.93. The van der Waals surface area contributed by atoms with Gasteiger partial charge in [0, 0.05) is 11.6 Å². The second kappa shape index (κ2) is 3.53. The quantitative estimate of drug-likeness (QED) is 0.896. The predicted molar refractivity (Wildman–Crippen MR) is 59.1 cm³/mol. The minimum absolute atomic E-state index is 0.722. The first-order chi connectivity index (χ1) is 6.77. The molecule has 0 radical (unpaired) electrons. The first-order valence-corrected chi connectivity index (χ1v) is 4.94. The van der Waals surface area contributed by atoms with Crippen LogP contribution in [0, 0.1) is 0 Å². The molecular weight excluding hydrogens is 246 g/mol. The number of rotatable bonds is 2. The third-order valence-corrected chi connectivity index (χ3v) is 2.72. The second-order valence-electron chi connectivity index (χ2n) is 2.86. The number of hydrogen-bond donors (Lipinski definition) is 1. The topological polar surface area (TPSA) is 34.2 Å². The van der Waals surface area contributed by atoms with Crippen LogP contribution in [-0.4, -0.2) is 19.2 Å².